The first kappa shape index (κ1) is 23.8. The minimum absolute atomic E-state index is 0.291. The van der Waals surface area contributed by atoms with E-state index in [-0.39, 0.29) is 0 Å². The van der Waals surface area contributed by atoms with Gasteiger partial charge in [0, 0.05) is 13.1 Å². The monoisotopic (exact) mass is 472 g/mol. The maximum atomic E-state index is 12.7. The van der Waals surface area contributed by atoms with Crippen LogP contribution in [0.1, 0.15) is 23.9 Å². The number of hydrogen-bond acceptors (Lipinski definition) is 6. The van der Waals surface area contributed by atoms with Gasteiger partial charge in [0.25, 0.3) is 0 Å². The van der Waals surface area contributed by atoms with Gasteiger partial charge < -0.3 is 19.1 Å². The summed E-state index contributed by atoms with van der Waals surface area (Å²) in [4.78, 5) is 15.9. The molecule has 1 heterocycles. The zero-order valence-corrected chi connectivity index (χ0v) is 20.0. The molecule has 0 aliphatic carbocycles. The van der Waals surface area contributed by atoms with E-state index in [0.29, 0.717) is 36.9 Å². The number of rotatable bonds is 9. The van der Waals surface area contributed by atoms with Crippen LogP contribution in [0.5, 0.6) is 17.2 Å². The lowest BCUT2D eigenvalue weighted by Gasteiger charge is -2.20. The van der Waals surface area contributed by atoms with Gasteiger partial charge in [-0.1, -0.05) is 30.3 Å². The van der Waals surface area contributed by atoms with Crippen LogP contribution in [0.25, 0.3) is 5.69 Å². The van der Waals surface area contributed by atoms with Gasteiger partial charge in [0.15, 0.2) is 0 Å². The Morgan fingerprint density at radius 1 is 0.914 bits per heavy atom. The first-order valence-corrected chi connectivity index (χ1v) is 11.4. The minimum atomic E-state index is -0.419. The molecule has 4 aromatic rings. The van der Waals surface area contributed by atoms with Crippen molar-refractivity contribution in [3.8, 4) is 22.9 Å². The van der Waals surface area contributed by atoms with Gasteiger partial charge in [-0.3, -0.25) is 0 Å². The topological polar surface area (TPSA) is 78.7 Å². The van der Waals surface area contributed by atoms with Gasteiger partial charge in [0.05, 0.1) is 18.5 Å². The maximum Gasteiger partial charge on any atom is 0.415 e. The molecule has 0 fully saturated rings. The molecular formula is C27H28N4O4. The number of amides is 1. The van der Waals surface area contributed by atoms with Gasteiger partial charge in [0.2, 0.25) is 0 Å². The van der Waals surface area contributed by atoms with Gasteiger partial charge >= 0.3 is 6.09 Å². The number of ether oxygens (including phenoxy) is 3. The van der Waals surface area contributed by atoms with Crippen LogP contribution in [0.2, 0.25) is 0 Å². The number of hydrogen-bond donors (Lipinski definition) is 0. The summed E-state index contributed by atoms with van der Waals surface area (Å²) in [6.07, 6.45) is -0.419. The summed E-state index contributed by atoms with van der Waals surface area (Å²) < 4.78 is 16.6. The molecule has 0 atom stereocenters. The predicted octanol–water partition coefficient (Wildman–Crippen LogP) is 5.18. The van der Waals surface area contributed by atoms with Crippen LogP contribution in [0.3, 0.4) is 0 Å². The van der Waals surface area contributed by atoms with E-state index < -0.39 is 6.09 Å². The van der Waals surface area contributed by atoms with Gasteiger partial charge in [-0.2, -0.15) is 9.90 Å². The van der Waals surface area contributed by atoms with Crippen LogP contribution in [-0.2, 0) is 13.2 Å². The Morgan fingerprint density at radius 3 is 2.37 bits per heavy atom. The van der Waals surface area contributed by atoms with E-state index in [9.17, 15) is 4.79 Å². The van der Waals surface area contributed by atoms with Crippen LogP contribution < -0.4 is 14.2 Å². The Kier molecular flexibility index (Phi) is 7.62. The van der Waals surface area contributed by atoms with E-state index in [4.69, 9.17) is 14.2 Å². The Bertz CT molecular complexity index is 1260. The van der Waals surface area contributed by atoms with Crippen molar-refractivity contribution in [1.29, 1.82) is 0 Å². The standard InChI is InChI=1S/C27H28N4O4/c1-4-30(27(32)35-24-15-13-23(33-3)14-16-24)18-21-9-8-12-25(17-21)34-19-26-20(2)28-31(29-26)22-10-6-5-7-11-22/h5-17H,4,18-19H2,1-3H3. The largest absolute Gasteiger partial charge is 0.497 e. The van der Waals surface area contributed by atoms with Crippen molar-refractivity contribution in [2.45, 2.75) is 27.0 Å². The van der Waals surface area contributed by atoms with Gasteiger partial charge in [0.1, 0.15) is 29.5 Å². The van der Waals surface area contributed by atoms with Crippen molar-refractivity contribution < 1.29 is 19.0 Å². The highest BCUT2D eigenvalue weighted by Crippen LogP contribution is 2.20. The number of carbonyl (C=O) groups is 1. The molecule has 0 unspecified atom stereocenters. The van der Waals surface area contributed by atoms with E-state index in [1.165, 1.54) is 0 Å². The summed E-state index contributed by atoms with van der Waals surface area (Å²) in [5, 5.41) is 9.04. The van der Waals surface area contributed by atoms with Crippen molar-refractivity contribution >= 4 is 6.09 Å². The fraction of sp³-hybridized carbons (Fsp3) is 0.222. The van der Waals surface area contributed by atoms with E-state index in [1.807, 2.05) is 68.4 Å². The van der Waals surface area contributed by atoms with Crippen molar-refractivity contribution in [2.75, 3.05) is 13.7 Å². The number of para-hydroxylation sites is 1. The molecule has 0 saturated heterocycles. The molecule has 0 radical (unpaired) electrons. The Morgan fingerprint density at radius 2 is 1.66 bits per heavy atom. The van der Waals surface area contributed by atoms with Crippen LogP contribution in [0.15, 0.2) is 78.9 Å². The quantitative estimate of drug-likeness (QED) is 0.334. The lowest BCUT2D eigenvalue weighted by Crippen LogP contribution is -2.32. The first-order valence-electron chi connectivity index (χ1n) is 11.4. The first-order chi connectivity index (χ1) is 17.1. The highest BCUT2D eigenvalue weighted by molar-refractivity contribution is 5.70. The second-order valence-electron chi connectivity index (χ2n) is 7.85. The molecule has 1 aromatic heterocycles. The highest BCUT2D eigenvalue weighted by atomic mass is 16.6. The molecule has 0 bridgehead atoms. The molecule has 0 aliphatic rings. The Balaban J connectivity index is 1.37. The molecule has 0 aliphatic heterocycles. The Hall–Kier alpha value is -4.33. The molecule has 1 amide bonds. The van der Waals surface area contributed by atoms with Crippen LogP contribution >= 0.6 is 0 Å². The van der Waals surface area contributed by atoms with E-state index in [0.717, 1.165) is 22.6 Å². The lowest BCUT2D eigenvalue weighted by molar-refractivity contribution is 0.152. The van der Waals surface area contributed by atoms with Gasteiger partial charge in [-0.25, -0.2) is 4.79 Å². The number of aromatic nitrogens is 3. The van der Waals surface area contributed by atoms with Crippen molar-refractivity contribution in [1.82, 2.24) is 19.9 Å². The number of methoxy groups -OCH3 is 1. The lowest BCUT2D eigenvalue weighted by atomic mass is 10.2. The smallest absolute Gasteiger partial charge is 0.415 e. The van der Waals surface area contributed by atoms with Crippen LogP contribution in [0.4, 0.5) is 4.79 Å². The maximum absolute atomic E-state index is 12.7. The summed E-state index contributed by atoms with van der Waals surface area (Å²) in [6, 6.07) is 24.3. The summed E-state index contributed by atoms with van der Waals surface area (Å²) >= 11 is 0. The molecule has 4 rings (SSSR count). The number of benzene rings is 3. The fourth-order valence-electron chi connectivity index (χ4n) is 3.44. The molecular weight excluding hydrogens is 444 g/mol. The second-order valence-corrected chi connectivity index (χ2v) is 7.85. The fourth-order valence-corrected chi connectivity index (χ4v) is 3.44. The summed E-state index contributed by atoms with van der Waals surface area (Å²) in [5.74, 6) is 1.85. The molecule has 0 N–H and O–H groups in total. The van der Waals surface area contributed by atoms with Crippen LogP contribution in [-0.4, -0.2) is 39.6 Å². The summed E-state index contributed by atoms with van der Waals surface area (Å²) in [7, 11) is 1.59. The average Bonchev–Trinajstić information content (AvgIpc) is 3.27. The van der Waals surface area contributed by atoms with E-state index >= 15 is 0 Å². The molecule has 3 aromatic carbocycles. The highest BCUT2D eigenvalue weighted by Gasteiger charge is 2.15. The normalized spacial score (nSPS) is 10.6. The molecule has 8 heteroatoms. The second kappa shape index (κ2) is 11.2. The predicted molar refractivity (Wildman–Crippen MR) is 132 cm³/mol. The third-order valence-corrected chi connectivity index (χ3v) is 5.42. The number of nitrogens with zero attached hydrogens (tertiary/aromatic N) is 4. The van der Waals surface area contributed by atoms with Crippen molar-refractivity contribution in [3.63, 3.8) is 0 Å². The van der Waals surface area contributed by atoms with Crippen LogP contribution in [0, 0.1) is 6.92 Å². The van der Waals surface area contributed by atoms with Crippen molar-refractivity contribution in [3.05, 3.63) is 95.8 Å². The third-order valence-electron chi connectivity index (χ3n) is 5.42. The molecule has 8 nitrogen and oxygen atoms in total. The number of aryl methyl sites for hydroxylation is 1. The summed E-state index contributed by atoms with van der Waals surface area (Å²) in [5.41, 5.74) is 3.40. The van der Waals surface area contributed by atoms with Gasteiger partial charge in [-0.15, -0.1) is 5.10 Å². The Labute approximate surface area is 204 Å². The average molecular weight is 473 g/mol. The molecule has 35 heavy (non-hydrogen) atoms. The SMILES string of the molecule is CCN(Cc1cccc(OCc2nn(-c3ccccc3)nc2C)c1)C(=O)Oc1ccc(OC)cc1. The molecule has 180 valence electrons. The molecule has 0 spiro atoms. The van der Waals surface area contributed by atoms with E-state index in [2.05, 4.69) is 10.2 Å². The minimum Gasteiger partial charge on any atom is -0.497 e. The van der Waals surface area contributed by atoms with Gasteiger partial charge in [-0.05, 0) is 67.9 Å². The van der Waals surface area contributed by atoms with E-state index in [1.54, 1.807) is 41.1 Å². The summed E-state index contributed by atoms with van der Waals surface area (Å²) in [6.45, 7) is 5.01. The zero-order chi connectivity index (χ0) is 24.6. The third kappa shape index (κ3) is 6.17. The molecule has 0 saturated carbocycles. The van der Waals surface area contributed by atoms with Crippen molar-refractivity contribution in [2.24, 2.45) is 0 Å². The zero-order valence-electron chi connectivity index (χ0n) is 20.0. The number of carbonyl (C=O) groups excluding carboxylic acids is 1.